The van der Waals surface area contributed by atoms with E-state index in [0.717, 1.165) is 5.56 Å². The molecular formula is C25H26N2O3. The summed E-state index contributed by atoms with van der Waals surface area (Å²) in [7, 11) is 1.77. The number of hydrogen-bond donors (Lipinski definition) is 1. The maximum absolute atomic E-state index is 12.8. The Balaban J connectivity index is 1.65. The highest BCUT2D eigenvalue weighted by atomic mass is 16.5. The van der Waals surface area contributed by atoms with Gasteiger partial charge in [0.15, 0.2) is 6.10 Å². The zero-order valence-corrected chi connectivity index (χ0v) is 17.2. The van der Waals surface area contributed by atoms with E-state index in [-0.39, 0.29) is 11.8 Å². The summed E-state index contributed by atoms with van der Waals surface area (Å²) in [5.41, 5.74) is 2.14. The van der Waals surface area contributed by atoms with Crippen molar-refractivity contribution >= 4 is 17.5 Å². The van der Waals surface area contributed by atoms with Crippen LogP contribution in [0.3, 0.4) is 0 Å². The fourth-order valence-corrected chi connectivity index (χ4v) is 3.09. The van der Waals surface area contributed by atoms with Crippen molar-refractivity contribution in [1.29, 1.82) is 0 Å². The van der Waals surface area contributed by atoms with Crippen molar-refractivity contribution < 1.29 is 14.3 Å². The Morgan fingerprint density at radius 1 is 0.933 bits per heavy atom. The van der Waals surface area contributed by atoms with Gasteiger partial charge >= 0.3 is 0 Å². The molecule has 0 heterocycles. The van der Waals surface area contributed by atoms with Crippen molar-refractivity contribution in [2.75, 3.05) is 12.4 Å². The van der Waals surface area contributed by atoms with Gasteiger partial charge < -0.3 is 15.0 Å². The third kappa shape index (κ3) is 5.70. The van der Waals surface area contributed by atoms with Gasteiger partial charge in [-0.25, -0.2) is 0 Å². The van der Waals surface area contributed by atoms with E-state index in [9.17, 15) is 9.59 Å². The molecule has 0 fully saturated rings. The van der Waals surface area contributed by atoms with Crippen LogP contribution < -0.4 is 10.1 Å². The molecule has 0 saturated carbocycles. The summed E-state index contributed by atoms with van der Waals surface area (Å²) in [6.07, 6.45) is -0.0911. The molecule has 0 bridgehead atoms. The summed E-state index contributed by atoms with van der Waals surface area (Å²) in [5, 5.41) is 2.86. The van der Waals surface area contributed by atoms with Gasteiger partial charge in [0.2, 0.25) is 0 Å². The Morgan fingerprint density at radius 3 is 2.27 bits per heavy atom. The summed E-state index contributed by atoms with van der Waals surface area (Å²) in [5.74, 6) is 0.289. The van der Waals surface area contributed by atoms with Gasteiger partial charge in [-0.2, -0.15) is 0 Å². The van der Waals surface area contributed by atoms with E-state index >= 15 is 0 Å². The molecule has 154 valence electrons. The molecule has 5 heteroatoms. The van der Waals surface area contributed by atoms with Crippen LogP contribution in [0.25, 0.3) is 0 Å². The topological polar surface area (TPSA) is 58.6 Å². The van der Waals surface area contributed by atoms with Crippen LogP contribution >= 0.6 is 0 Å². The lowest BCUT2D eigenvalue weighted by molar-refractivity contribution is -0.122. The van der Waals surface area contributed by atoms with Crippen molar-refractivity contribution in [3.05, 3.63) is 96.1 Å². The average Bonchev–Trinajstić information content (AvgIpc) is 2.78. The molecule has 30 heavy (non-hydrogen) atoms. The molecular weight excluding hydrogens is 376 g/mol. The number of benzene rings is 3. The number of anilines is 1. The van der Waals surface area contributed by atoms with Crippen molar-refractivity contribution in [2.24, 2.45) is 0 Å². The van der Waals surface area contributed by atoms with Gasteiger partial charge in [0.05, 0.1) is 0 Å². The van der Waals surface area contributed by atoms with Gasteiger partial charge in [-0.15, -0.1) is 0 Å². The first-order chi connectivity index (χ1) is 14.6. The van der Waals surface area contributed by atoms with Crippen molar-refractivity contribution in [1.82, 2.24) is 4.90 Å². The third-order valence-corrected chi connectivity index (χ3v) is 4.67. The lowest BCUT2D eigenvalue weighted by Gasteiger charge is -2.19. The van der Waals surface area contributed by atoms with Crippen LogP contribution in [0.5, 0.6) is 5.75 Å². The van der Waals surface area contributed by atoms with Gasteiger partial charge in [-0.05, 0) is 42.3 Å². The Labute approximate surface area is 177 Å². The number of rotatable bonds is 8. The molecule has 0 aliphatic carbocycles. The Bertz CT molecular complexity index is 974. The molecule has 3 rings (SSSR count). The minimum Gasteiger partial charge on any atom is -0.481 e. The SMILES string of the molecule is CCC(Oc1ccccc1)C(=O)Nc1cccc(C(=O)N(C)Cc2ccccc2)c1. The van der Waals surface area contributed by atoms with Crippen LogP contribution in [-0.2, 0) is 11.3 Å². The van der Waals surface area contributed by atoms with Gasteiger partial charge in [-0.3, -0.25) is 9.59 Å². The first kappa shape index (κ1) is 21.1. The second-order valence-electron chi connectivity index (χ2n) is 7.04. The van der Waals surface area contributed by atoms with E-state index in [1.807, 2.05) is 67.6 Å². The van der Waals surface area contributed by atoms with Crippen LogP contribution in [-0.4, -0.2) is 29.9 Å². The predicted octanol–water partition coefficient (Wildman–Crippen LogP) is 4.75. The van der Waals surface area contributed by atoms with Crippen molar-refractivity contribution in [3.63, 3.8) is 0 Å². The van der Waals surface area contributed by atoms with E-state index in [2.05, 4.69) is 5.32 Å². The fraction of sp³-hybridized carbons (Fsp3) is 0.200. The molecule has 0 radical (unpaired) electrons. The monoisotopic (exact) mass is 402 g/mol. The molecule has 3 aromatic rings. The van der Waals surface area contributed by atoms with Gasteiger partial charge in [0, 0.05) is 24.8 Å². The normalized spacial score (nSPS) is 11.4. The molecule has 0 aliphatic rings. The van der Waals surface area contributed by atoms with E-state index in [0.29, 0.717) is 30.0 Å². The molecule has 1 atom stereocenters. The smallest absolute Gasteiger partial charge is 0.265 e. The Kier molecular flexibility index (Phi) is 7.22. The second kappa shape index (κ2) is 10.3. The van der Waals surface area contributed by atoms with E-state index in [4.69, 9.17) is 4.74 Å². The molecule has 2 amide bonds. The Morgan fingerprint density at radius 2 is 1.60 bits per heavy atom. The fourth-order valence-electron chi connectivity index (χ4n) is 3.09. The number of carbonyl (C=O) groups excluding carboxylic acids is 2. The maximum atomic E-state index is 12.8. The van der Waals surface area contributed by atoms with Gasteiger partial charge in [0.1, 0.15) is 5.75 Å². The van der Waals surface area contributed by atoms with Crippen molar-refractivity contribution in [3.8, 4) is 5.75 Å². The number of nitrogens with zero attached hydrogens (tertiary/aromatic N) is 1. The standard InChI is InChI=1S/C25H26N2O3/c1-3-23(30-22-15-8-5-9-16-22)24(28)26-21-14-10-13-20(17-21)25(29)27(2)18-19-11-6-4-7-12-19/h4-17,23H,3,18H2,1-2H3,(H,26,28). The zero-order valence-electron chi connectivity index (χ0n) is 17.2. The van der Waals surface area contributed by atoms with E-state index in [1.165, 1.54) is 0 Å². The van der Waals surface area contributed by atoms with Crippen LogP contribution in [0.4, 0.5) is 5.69 Å². The summed E-state index contributed by atoms with van der Waals surface area (Å²) in [6, 6.07) is 26.0. The molecule has 5 nitrogen and oxygen atoms in total. The van der Waals surface area contributed by atoms with Crippen LogP contribution in [0.15, 0.2) is 84.9 Å². The first-order valence-electron chi connectivity index (χ1n) is 9.99. The highest BCUT2D eigenvalue weighted by molar-refractivity contribution is 5.98. The largest absolute Gasteiger partial charge is 0.481 e. The van der Waals surface area contributed by atoms with E-state index in [1.54, 1.807) is 36.2 Å². The quantitative estimate of drug-likeness (QED) is 0.591. The maximum Gasteiger partial charge on any atom is 0.265 e. The average molecular weight is 402 g/mol. The second-order valence-corrected chi connectivity index (χ2v) is 7.04. The number of hydrogen-bond acceptors (Lipinski definition) is 3. The van der Waals surface area contributed by atoms with Gasteiger partial charge in [-0.1, -0.05) is 61.5 Å². The van der Waals surface area contributed by atoms with E-state index < -0.39 is 6.10 Å². The Hall–Kier alpha value is -3.60. The number of ether oxygens (including phenoxy) is 1. The summed E-state index contributed by atoms with van der Waals surface area (Å²) in [6.45, 7) is 2.41. The lowest BCUT2D eigenvalue weighted by Crippen LogP contribution is -2.32. The van der Waals surface area contributed by atoms with Crippen molar-refractivity contribution in [2.45, 2.75) is 26.0 Å². The van der Waals surface area contributed by atoms with Crippen LogP contribution in [0.2, 0.25) is 0 Å². The van der Waals surface area contributed by atoms with Crippen LogP contribution in [0.1, 0.15) is 29.3 Å². The highest BCUT2D eigenvalue weighted by Crippen LogP contribution is 2.17. The van der Waals surface area contributed by atoms with Gasteiger partial charge in [0.25, 0.3) is 11.8 Å². The molecule has 0 aromatic heterocycles. The van der Waals surface area contributed by atoms with Crippen LogP contribution in [0, 0.1) is 0 Å². The lowest BCUT2D eigenvalue weighted by atomic mass is 10.1. The zero-order chi connectivity index (χ0) is 21.3. The highest BCUT2D eigenvalue weighted by Gasteiger charge is 2.19. The summed E-state index contributed by atoms with van der Waals surface area (Å²) >= 11 is 0. The molecule has 1 N–H and O–H groups in total. The minimum atomic E-state index is -0.618. The molecule has 0 saturated heterocycles. The third-order valence-electron chi connectivity index (χ3n) is 4.67. The molecule has 1 unspecified atom stereocenters. The minimum absolute atomic E-state index is 0.109. The molecule has 3 aromatic carbocycles. The number of para-hydroxylation sites is 1. The first-order valence-corrected chi connectivity index (χ1v) is 9.99. The number of amides is 2. The predicted molar refractivity (Wildman–Crippen MR) is 118 cm³/mol. The number of carbonyl (C=O) groups is 2. The molecule has 0 aliphatic heterocycles. The summed E-state index contributed by atoms with van der Waals surface area (Å²) < 4.78 is 5.79. The number of nitrogens with one attached hydrogen (secondary N) is 1. The molecule has 0 spiro atoms. The summed E-state index contributed by atoms with van der Waals surface area (Å²) in [4.78, 5) is 27.1.